The number of hydrogen-bond acceptors (Lipinski definition) is 3. The maximum absolute atomic E-state index is 9.46. The zero-order valence-corrected chi connectivity index (χ0v) is 12.8. The van der Waals surface area contributed by atoms with Crippen LogP contribution in [-0.2, 0) is 0 Å². The van der Waals surface area contributed by atoms with Crippen molar-refractivity contribution in [3.63, 3.8) is 0 Å². The molecule has 0 bridgehead atoms. The Kier molecular flexibility index (Phi) is 4.86. The van der Waals surface area contributed by atoms with Crippen LogP contribution in [-0.4, -0.2) is 35.6 Å². The van der Waals surface area contributed by atoms with Crippen molar-refractivity contribution in [3.05, 3.63) is 0 Å². The highest BCUT2D eigenvalue weighted by Gasteiger charge is 2.35. The lowest BCUT2D eigenvalue weighted by Gasteiger charge is -2.38. The molecule has 2 aliphatic rings. The minimum absolute atomic E-state index is 0.345. The van der Waals surface area contributed by atoms with Crippen LogP contribution in [0.4, 0.5) is 0 Å². The van der Waals surface area contributed by atoms with Gasteiger partial charge in [-0.1, -0.05) is 13.3 Å². The summed E-state index contributed by atoms with van der Waals surface area (Å²) in [6.07, 6.45) is 7.42. The molecule has 2 unspecified atom stereocenters. The lowest BCUT2D eigenvalue weighted by molar-refractivity contribution is 0.121. The lowest BCUT2D eigenvalue weighted by Crippen LogP contribution is -2.49. The third-order valence-corrected chi connectivity index (χ3v) is 4.90. The first kappa shape index (κ1) is 14.8. The van der Waals surface area contributed by atoms with E-state index < -0.39 is 0 Å². The summed E-state index contributed by atoms with van der Waals surface area (Å²) >= 11 is 0. The summed E-state index contributed by atoms with van der Waals surface area (Å²) in [7, 11) is 0. The van der Waals surface area contributed by atoms with Crippen LogP contribution in [0.5, 0.6) is 0 Å². The van der Waals surface area contributed by atoms with Crippen molar-refractivity contribution in [2.45, 2.75) is 76.9 Å². The molecule has 0 aromatic carbocycles. The second-order valence-corrected chi connectivity index (χ2v) is 6.80. The molecule has 2 rings (SSSR count). The Labute approximate surface area is 118 Å². The third-order valence-electron chi connectivity index (χ3n) is 4.90. The van der Waals surface area contributed by atoms with Gasteiger partial charge in [0.1, 0.15) is 5.54 Å². The molecule has 2 atom stereocenters. The zero-order valence-electron chi connectivity index (χ0n) is 12.8. The summed E-state index contributed by atoms with van der Waals surface area (Å²) in [5.74, 6) is 0.926. The van der Waals surface area contributed by atoms with Gasteiger partial charge >= 0.3 is 0 Å². The second kappa shape index (κ2) is 6.24. The quantitative estimate of drug-likeness (QED) is 0.801. The Morgan fingerprint density at radius 1 is 1.32 bits per heavy atom. The molecule has 0 aromatic rings. The molecule has 1 N–H and O–H groups in total. The Balaban J connectivity index is 1.82. The molecule has 0 aromatic heterocycles. The zero-order chi connectivity index (χ0) is 13.9. The number of nitriles is 1. The summed E-state index contributed by atoms with van der Waals surface area (Å²) in [4.78, 5) is 2.58. The van der Waals surface area contributed by atoms with Gasteiger partial charge in [0.25, 0.3) is 0 Å². The molecule has 1 heterocycles. The third kappa shape index (κ3) is 4.19. The van der Waals surface area contributed by atoms with Crippen LogP contribution in [0.3, 0.4) is 0 Å². The van der Waals surface area contributed by atoms with E-state index in [9.17, 15) is 5.26 Å². The Morgan fingerprint density at radius 2 is 1.95 bits per heavy atom. The van der Waals surface area contributed by atoms with Gasteiger partial charge in [-0.05, 0) is 65.0 Å². The molecule has 0 amide bonds. The van der Waals surface area contributed by atoms with E-state index in [-0.39, 0.29) is 5.54 Å². The van der Waals surface area contributed by atoms with Crippen LogP contribution >= 0.6 is 0 Å². The van der Waals surface area contributed by atoms with Gasteiger partial charge in [0.05, 0.1) is 6.07 Å². The van der Waals surface area contributed by atoms with Gasteiger partial charge in [-0.2, -0.15) is 5.26 Å². The second-order valence-electron chi connectivity index (χ2n) is 6.80. The molecule has 1 saturated carbocycles. The smallest absolute Gasteiger partial charge is 0.105 e. The largest absolute Gasteiger partial charge is 0.301 e. The molecule has 108 valence electrons. The molecule has 3 nitrogen and oxygen atoms in total. The van der Waals surface area contributed by atoms with Crippen LogP contribution < -0.4 is 5.32 Å². The summed E-state index contributed by atoms with van der Waals surface area (Å²) < 4.78 is 0. The first-order chi connectivity index (χ1) is 9.06. The minimum Gasteiger partial charge on any atom is -0.301 e. The van der Waals surface area contributed by atoms with Gasteiger partial charge in [0, 0.05) is 12.1 Å². The number of likely N-dealkylation sites (tertiary alicyclic amines) is 1. The predicted octanol–water partition coefficient (Wildman–Crippen LogP) is 2.92. The molecule has 1 aliphatic heterocycles. The van der Waals surface area contributed by atoms with Gasteiger partial charge in [-0.25, -0.2) is 0 Å². The molecular formula is C16H29N3. The number of hydrogen-bond donors (Lipinski definition) is 1. The fourth-order valence-electron chi connectivity index (χ4n) is 3.34. The number of piperidine rings is 1. The van der Waals surface area contributed by atoms with E-state index in [1.54, 1.807) is 0 Å². The van der Waals surface area contributed by atoms with E-state index in [4.69, 9.17) is 0 Å². The molecule has 0 radical (unpaired) electrons. The maximum Gasteiger partial charge on any atom is 0.105 e. The molecule has 1 aliphatic carbocycles. The molecule has 1 saturated heterocycles. The van der Waals surface area contributed by atoms with Gasteiger partial charge in [-0.3, -0.25) is 5.32 Å². The van der Waals surface area contributed by atoms with Crippen molar-refractivity contribution < 1.29 is 0 Å². The van der Waals surface area contributed by atoms with Crippen molar-refractivity contribution >= 4 is 0 Å². The van der Waals surface area contributed by atoms with E-state index >= 15 is 0 Å². The van der Waals surface area contributed by atoms with E-state index in [0.29, 0.717) is 12.1 Å². The highest BCUT2D eigenvalue weighted by molar-refractivity contribution is 5.08. The molecule has 19 heavy (non-hydrogen) atoms. The van der Waals surface area contributed by atoms with Gasteiger partial charge in [0.2, 0.25) is 0 Å². The topological polar surface area (TPSA) is 39.1 Å². The first-order valence-corrected chi connectivity index (χ1v) is 7.99. The average Bonchev–Trinajstić information content (AvgIpc) is 3.22. The van der Waals surface area contributed by atoms with Crippen molar-refractivity contribution in [1.82, 2.24) is 10.2 Å². The van der Waals surface area contributed by atoms with Crippen LogP contribution in [0.15, 0.2) is 0 Å². The first-order valence-electron chi connectivity index (χ1n) is 7.99. The molecule has 2 fully saturated rings. The van der Waals surface area contributed by atoms with E-state index in [0.717, 1.165) is 12.3 Å². The van der Waals surface area contributed by atoms with Crippen LogP contribution in [0.2, 0.25) is 0 Å². The number of nitrogens with zero attached hydrogens (tertiary/aromatic N) is 2. The van der Waals surface area contributed by atoms with Gasteiger partial charge < -0.3 is 4.90 Å². The number of nitrogens with one attached hydrogen (secondary N) is 1. The summed E-state index contributed by atoms with van der Waals surface area (Å²) in [6, 6.07) is 3.61. The highest BCUT2D eigenvalue weighted by Crippen LogP contribution is 2.27. The predicted molar refractivity (Wildman–Crippen MR) is 78.8 cm³/mol. The fourth-order valence-corrected chi connectivity index (χ4v) is 3.34. The van der Waals surface area contributed by atoms with Gasteiger partial charge in [-0.15, -0.1) is 0 Å². The van der Waals surface area contributed by atoms with Crippen LogP contribution in [0, 0.1) is 17.2 Å². The lowest BCUT2D eigenvalue weighted by atomic mass is 9.90. The Bertz CT molecular complexity index is 323. The van der Waals surface area contributed by atoms with Crippen LogP contribution in [0.25, 0.3) is 0 Å². The van der Waals surface area contributed by atoms with Crippen molar-refractivity contribution in [2.24, 2.45) is 5.92 Å². The molecule has 0 spiro atoms. The monoisotopic (exact) mass is 263 g/mol. The summed E-state index contributed by atoms with van der Waals surface area (Å²) in [5, 5.41) is 13.0. The van der Waals surface area contributed by atoms with Crippen molar-refractivity contribution in [1.29, 1.82) is 5.26 Å². The summed E-state index contributed by atoms with van der Waals surface area (Å²) in [6.45, 7) is 9.09. The average molecular weight is 263 g/mol. The van der Waals surface area contributed by atoms with Crippen LogP contribution in [0.1, 0.15) is 59.3 Å². The highest BCUT2D eigenvalue weighted by atomic mass is 15.2. The Morgan fingerprint density at radius 3 is 2.42 bits per heavy atom. The normalized spacial score (nSPS) is 26.6. The molecule has 3 heteroatoms. The molecular weight excluding hydrogens is 234 g/mol. The standard InChI is InChI=1S/C16H29N3/c1-4-14-7-9-19(10-8-14)13(2)11-16(3,12-17)18-15-5-6-15/h13-15,18H,4-11H2,1-3H3. The van der Waals surface area contributed by atoms with E-state index in [1.807, 2.05) is 0 Å². The minimum atomic E-state index is -0.345. The SMILES string of the molecule is CCC1CCN(C(C)CC(C)(C#N)NC2CC2)CC1. The fraction of sp³-hybridized carbons (Fsp3) is 0.938. The van der Waals surface area contributed by atoms with E-state index in [2.05, 4.69) is 37.1 Å². The van der Waals surface area contributed by atoms with Crippen molar-refractivity contribution in [3.8, 4) is 6.07 Å². The Hall–Kier alpha value is -0.590. The van der Waals surface area contributed by atoms with Gasteiger partial charge in [0.15, 0.2) is 0 Å². The maximum atomic E-state index is 9.46. The summed E-state index contributed by atoms with van der Waals surface area (Å²) in [5.41, 5.74) is -0.345. The van der Waals surface area contributed by atoms with Crippen molar-refractivity contribution in [2.75, 3.05) is 13.1 Å². The number of rotatable bonds is 6. The van der Waals surface area contributed by atoms with E-state index in [1.165, 1.54) is 45.2 Å².